The van der Waals surface area contributed by atoms with Gasteiger partial charge in [-0.2, -0.15) is 0 Å². The molecule has 0 rings (SSSR count). The average Bonchev–Trinajstić information content (AvgIpc) is 0.918. The van der Waals surface area contributed by atoms with E-state index in [1.54, 1.807) is 0 Å². The third-order valence-electron chi connectivity index (χ3n) is 0. The maximum Gasteiger partial charge on any atom is 0.187 e. The molecule has 0 aliphatic rings. The van der Waals surface area contributed by atoms with Crippen LogP contribution in [0.5, 0.6) is 0 Å². The molecule has 0 aliphatic heterocycles. The van der Waals surface area contributed by atoms with Crippen molar-refractivity contribution in [3.8, 4) is 0 Å². The van der Waals surface area contributed by atoms with E-state index in [0.29, 0.717) is 0 Å². The van der Waals surface area contributed by atoms with E-state index in [-0.39, 0.29) is 34.7 Å². The topological polar surface area (TPSA) is 49.7 Å². The molecule has 0 aromatic carbocycles. The molecule has 30 valence electrons. The third kappa shape index (κ3) is 125. The van der Waals surface area contributed by atoms with Crippen molar-refractivity contribution >= 4 is 17.4 Å². The quantitative estimate of drug-likeness (QED) is 0.258. The zero-order valence-corrected chi connectivity index (χ0v) is 2.99. The van der Waals surface area contributed by atoms with Crippen molar-refractivity contribution in [1.29, 1.82) is 0 Å². The maximum atomic E-state index is 8.11. The first-order valence-electron chi connectivity index (χ1n) is 0.383. The minimum absolute atomic E-state index is 0. The Kier molecular flexibility index (Phi) is 89.6. The summed E-state index contributed by atoms with van der Waals surface area (Å²) >= 11 is 0. The van der Waals surface area contributed by atoms with E-state index in [2.05, 4.69) is 0 Å². The normalized spacial score (nSPS) is 2.40. The van der Waals surface area contributed by atoms with Crippen molar-refractivity contribution in [1.82, 2.24) is 0 Å². The molecule has 0 aliphatic carbocycles. The van der Waals surface area contributed by atoms with Crippen molar-refractivity contribution < 1.29 is 22.6 Å². The molecular weight excluding hydrogens is 125 g/mol. The molecule has 0 heterocycles. The summed E-state index contributed by atoms with van der Waals surface area (Å²) in [6.07, 6.45) is 0. The number of rotatable bonds is 0. The summed E-state index contributed by atoms with van der Waals surface area (Å²) in [5.41, 5.74) is 0. The van der Waals surface area contributed by atoms with E-state index in [4.69, 9.17) is 10.1 Å². The van der Waals surface area contributed by atoms with Crippen LogP contribution in [-0.2, 0) is 17.4 Å². The van der Waals surface area contributed by atoms with Crippen LogP contribution in [0.1, 0.15) is 0 Å². The van der Waals surface area contributed by atoms with E-state index in [9.17, 15) is 0 Å². The van der Waals surface area contributed by atoms with Crippen molar-refractivity contribution in [3.63, 3.8) is 0 Å². The van der Waals surface area contributed by atoms with Crippen LogP contribution in [0.25, 0.3) is 0 Å². The molecule has 0 spiro atoms. The Balaban J connectivity index is -0.0000000200. The van der Waals surface area contributed by atoms with Crippen LogP contribution in [0.4, 0.5) is 0 Å². The van der Waals surface area contributed by atoms with Gasteiger partial charge in [-0.1, -0.05) is 0 Å². The predicted molar refractivity (Wildman–Crippen MR) is 17.5 cm³/mol. The largest absolute Gasteiger partial charge is 0.379 e. The van der Waals surface area contributed by atoms with E-state index < -0.39 is 0 Å². The van der Waals surface area contributed by atoms with Gasteiger partial charge in [0.05, 0.1) is 0 Å². The summed E-state index contributed by atoms with van der Waals surface area (Å²) in [7, 11) is 0. The van der Waals surface area contributed by atoms with Gasteiger partial charge < -0.3 is 5.21 Å². The molecule has 5 heavy (non-hydrogen) atoms. The van der Waals surface area contributed by atoms with Gasteiger partial charge >= 0.3 is 0 Å². The molecule has 0 fully saturated rings. The molecule has 0 atom stereocenters. The minimum atomic E-state index is 0. The zero-order chi connectivity index (χ0) is 2.71. The smallest absolute Gasteiger partial charge is 0.187 e. The summed E-state index contributed by atoms with van der Waals surface area (Å²) in [6, 6.07) is 0. The van der Waals surface area contributed by atoms with Gasteiger partial charge in [-0.25, -0.2) is 0 Å². The summed E-state index contributed by atoms with van der Waals surface area (Å²) in [5.74, 6) is 0. The fourth-order valence-corrected chi connectivity index (χ4v) is 0. The molecule has 0 saturated heterocycles. The Bertz CT molecular complexity index is 17.1. The van der Waals surface area contributed by atoms with Gasteiger partial charge in [0.15, 0.2) is 22.7 Å². The van der Waals surface area contributed by atoms with Crippen LogP contribution in [0.15, 0.2) is 5.34 Å². The first-order valence-corrected chi connectivity index (χ1v) is 0.383. The van der Waals surface area contributed by atoms with Crippen LogP contribution >= 0.6 is 0 Å². The van der Waals surface area contributed by atoms with Crippen molar-refractivity contribution in [3.05, 3.63) is 4.91 Å². The maximum absolute atomic E-state index is 8.11. The molecule has 1 N–H and O–H groups in total. The molecule has 0 aromatic heterocycles. The van der Waals surface area contributed by atoms with Gasteiger partial charge in [-0.15, -0.1) is 4.91 Å². The molecule has 0 saturated carbocycles. The number of nitrogens with zero attached hydrogens (tertiary/aromatic N) is 1. The zero-order valence-electron chi connectivity index (χ0n) is 1.71. The van der Waals surface area contributed by atoms with Gasteiger partial charge in [0.25, 0.3) is 0 Å². The predicted octanol–water partition coefficient (Wildman–Crippen LogP) is -1.04. The Hall–Kier alpha value is 0.465. The standard InChI is InChI=1S/Al.Cr.HNO2.3H/c;;2-1-3;;;/h;;(H,2,3);;;. The third-order valence-corrected chi connectivity index (χ3v) is 0. The summed E-state index contributed by atoms with van der Waals surface area (Å²) in [6.45, 7) is 0. The van der Waals surface area contributed by atoms with E-state index in [1.807, 2.05) is 0 Å². The van der Waals surface area contributed by atoms with Crippen LogP contribution < -0.4 is 0 Å². The Morgan fingerprint density at radius 3 is 1.60 bits per heavy atom. The minimum Gasteiger partial charge on any atom is -0.379 e. The van der Waals surface area contributed by atoms with Gasteiger partial charge in [0, 0.05) is 17.4 Å². The average molecular weight is 129 g/mol. The molecule has 0 bridgehead atoms. The van der Waals surface area contributed by atoms with Crippen molar-refractivity contribution in [2.24, 2.45) is 5.34 Å². The second-order valence-electron chi connectivity index (χ2n) is 0.0816. The molecule has 0 radical (unpaired) electrons. The fraction of sp³-hybridized carbons (Fsp3) is 0. The molecule has 0 aromatic rings. The molecule has 5 heteroatoms. The van der Waals surface area contributed by atoms with Crippen LogP contribution in [0.3, 0.4) is 0 Å². The first-order chi connectivity index (χ1) is 1.41. The Labute approximate surface area is 50.6 Å². The second kappa shape index (κ2) is 25.0. The van der Waals surface area contributed by atoms with Gasteiger partial charge in [-0.3, -0.25) is 0 Å². The van der Waals surface area contributed by atoms with Crippen LogP contribution in [-0.4, -0.2) is 22.6 Å². The van der Waals surface area contributed by atoms with Crippen molar-refractivity contribution in [2.45, 2.75) is 0 Å². The van der Waals surface area contributed by atoms with E-state index in [0.717, 1.165) is 0 Å². The van der Waals surface area contributed by atoms with Gasteiger partial charge in [0.2, 0.25) is 0 Å². The second-order valence-corrected chi connectivity index (χ2v) is 0.0816. The Morgan fingerprint density at radius 2 is 1.60 bits per heavy atom. The van der Waals surface area contributed by atoms with Crippen molar-refractivity contribution in [2.75, 3.05) is 0 Å². The molecule has 0 amide bonds. The summed E-state index contributed by atoms with van der Waals surface area (Å²) in [4.78, 5) is 8.11. The summed E-state index contributed by atoms with van der Waals surface area (Å²) < 4.78 is 0. The molecule has 3 nitrogen and oxygen atoms in total. The first kappa shape index (κ1) is 17.9. The van der Waals surface area contributed by atoms with Crippen LogP contribution in [0.2, 0.25) is 0 Å². The van der Waals surface area contributed by atoms with E-state index >= 15 is 0 Å². The SMILES string of the molecule is O=NO.[AlH3].[Cr]. The van der Waals surface area contributed by atoms with Gasteiger partial charge in [-0.05, 0) is 0 Å². The fourth-order valence-electron chi connectivity index (χ4n) is 0. The van der Waals surface area contributed by atoms with Gasteiger partial charge in [0.1, 0.15) is 0 Å². The molecule has 0 unspecified atom stereocenters. The monoisotopic (exact) mass is 129 g/mol. The number of hydrogen-bond donors (Lipinski definition) is 1. The van der Waals surface area contributed by atoms with Crippen LogP contribution in [0, 0.1) is 4.91 Å². The molecular formula is H4AlCrNO2. The Morgan fingerprint density at radius 1 is 1.60 bits per heavy atom. The number of hydrogen-bond acceptors (Lipinski definition) is 2. The van der Waals surface area contributed by atoms with E-state index in [1.165, 1.54) is 5.34 Å². The summed E-state index contributed by atoms with van der Waals surface area (Å²) in [5, 5.41) is 7.89.